The van der Waals surface area contributed by atoms with E-state index in [1.807, 2.05) is 6.07 Å². The number of benzene rings is 1. The summed E-state index contributed by atoms with van der Waals surface area (Å²) < 4.78 is 27.0. The minimum atomic E-state index is -3.58. The molecule has 7 heteroatoms. The van der Waals surface area contributed by atoms with Gasteiger partial charge in [-0.15, -0.1) is 0 Å². The molecule has 0 fully saturated rings. The second-order valence-corrected chi connectivity index (χ2v) is 7.13. The molecule has 2 rings (SSSR count). The number of sulfonamides is 1. The molecule has 1 aliphatic carbocycles. The summed E-state index contributed by atoms with van der Waals surface area (Å²) in [6.45, 7) is 0.0476. The molecule has 1 aromatic rings. The Kier molecular flexibility index (Phi) is 5.55. The number of carbonyl (C=O) groups is 1. The quantitative estimate of drug-likeness (QED) is 0.799. The number of aryl methyl sites for hydroxylation is 2. The Bertz CT molecular complexity index is 643. The zero-order valence-corrected chi connectivity index (χ0v) is 13.8. The summed E-state index contributed by atoms with van der Waals surface area (Å²) in [7, 11) is -0.713. The fourth-order valence-corrected chi connectivity index (χ4v) is 3.59. The van der Waals surface area contributed by atoms with Crippen molar-refractivity contribution in [3.8, 4) is 0 Å². The average molecular weight is 326 g/mol. The van der Waals surface area contributed by atoms with Crippen molar-refractivity contribution < 1.29 is 18.0 Å². The van der Waals surface area contributed by atoms with Gasteiger partial charge in [-0.1, -0.05) is 6.07 Å². The third kappa shape index (κ3) is 4.06. The first-order valence-corrected chi connectivity index (χ1v) is 8.84. The number of hydroxylamine groups is 2. The van der Waals surface area contributed by atoms with E-state index in [9.17, 15) is 13.2 Å². The summed E-state index contributed by atoms with van der Waals surface area (Å²) in [6.07, 6.45) is 4.25. The van der Waals surface area contributed by atoms with Crippen molar-refractivity contribution in [3.63, 3.8) is 0 Å². The zero-order chi connectivity index (χ0) is 16.2. The third-order valence-corrected chi connectivity index (χ3v) is 5.34. The summed E-state index contributed by atoms with van der Waals surface area (Å²) in [5.41, 5.74) is 2.35. The van der Waals surface area contributed by atoms with Gasteiger partial charge in [0.2, 0.25) is 15.9 Å². The molecule has 122 valence electrons. The lowest BCUT2D eigenvalue weighted by atomic mass is 9.92. The summed E-state index contributed by atoms with van der Waals surface area (Å²) in [5.74, 6) is -0.282. The molecule has 0 saturated carbocycles. The van der Waals surface area contributed by atoms with Crippen molar-refractivity contribution in [2.24, 2.45) is 0 Å². The number of hydrogen-bond donors (Lipinski definition) is 1. The van der Waals surface area contributed by atoms with Crippen LogP contribution in [0.2, 0.25) is 0 Å². The van der Waals surface area contributed by atoms with Crippen LogP contribution in [-0.4, -0.2) is 40.1 Å². The predicted octanol–water partition coefficient (Wildman–Crippen LogP) is 1.25. The Morgan fingerprint density at radius 1 is 1.27 bits per heavy atom. The molecule has 0 heterocycles. The van der Waals surface area contributed by atoms with Gasteiger partial charge in [0.25, 0.3) is 0 Å². The van der Waals surface area contributed by atoms with Crippen molar-refractivity contribution in [2.75, 3.05) is 20.7 Å². The lowest BCUT2D eigenvalue weighted by Crippen LogP contribution is -2.31. The Morgan fingerprint density at radius 2 is 1.95 bits per heavy atom. The molecule has 0 saturated heterocycles. The molecular weight excluding hydrogens is 304 g/mol. The van der Waals surface area contributed by atoms with Gasteiger partial charge in [0.15, 0.2) is 0 Å². The number of hydrogen-bond acceptors (Lipinski definition) is 4. The average Bonchev–Trinajstić information content (AvgIpc) is 2.53. The fraction of sp³-hybridized carbons (Fsp3) is 0.533. The molecule has 0 bridgehead atoms. The van der Waals surface area contributed by atoms with Gasteiger partial charge in [-0.3, -0.25) is 9.63 Å². The van der Waals surface area contributed by atoms with E-state index in [0.717, 1.165) is 36.3 Å². The van der Waals surface area contributed by atoms with Crippen LogP contribution in [0.5, 0.6) is 0 Å². The summed E-state index contributed by atoms with van der Waals surface area (Å²) in [6, 6.07) is 5.28. The lowest BCUT2D eigenvalue weighted by molar-refractivity contribution is -0.168. The van der Waals surface area contributed by atoms with Crippen molar-refractivity contribution in [2.45, 2.75) is 37.0 Å². The monoisotopic (exact) mass is 326 g/mol. The Balaban J connectivity index is 2.00. The van der Waals surface area contributed by atoms with Crippen LogP contribution < -0.4 is 4.72 Å². The molecule has 1 aromatic carbocycles. The predicted molar refractivity (Wildman–Crippen MR) is 82.7 cm³/mol. The summed E-state index contributed by atoms with van der Waals surface area (Å²) in [5, 5.41) is 1.08. The highest BCUT2D eigenvalue weighted by Gasteiger charge is 2.18. The van der Waals surface area contributed by atoms with Gasteiger partial charge in [0, 0.05) is 20.0 Å². The maximum absolute atomic E-state index is 12.3. The minimum Gasteiger partial charge on any atom is -0.275 e. The van der Waals surface area contributed by atoms with Crippen molar-refractivity contribution >= 4 is 15.9 Å². The number of nitrogens with one attached hydrogen (secondary N) is 1. The SMILES string of the molecule is CON(C)C(=O)CCNS(=O)(=O)c1ccc2c(c1)CCCC2. The van der Waals surface area contributed by atoms with E-state index in [0.29, 0.717) is 0 Å². The number of nitrogens with zero attached hydrogens (tertiary/aromatic N) is 1. The van der Waals surface area contributed by atoms with E-state index in [1.54, 1.807) is 12.1 Å². The summed E-state index contributed by atoms with van der Waals surface area (Å²) >= 11 is 0. The Hall–Kier alpha value is -1.44. The fourth-order valence-electron chi connectivity index (χ4n) is 2.51. The van der Waals surface area contributed by atoms with Crippen LogP contribution in [0.1, 0.15) is 30.4 Å². The molecule has 22 heavy (non-hydrogen) atoms. The van der Waals surface area contributed by atoms with Gasteiger partial charge in [-0.05, 0) is 48.9 Å². The van der Waals surface area contributed by atoms with E-state index in [-0.39, 0.29) is 23.8 Å². The van der Waals surface area contributed by atoms with E-state index >= 15 is 0 Å². The smallest absolute Gasteiger partial charge is 0.247 e. The topological polar surface area (TPSA) is 75.7 Å². The van der Waals surface area contributed by atoms with Crippen LogP contribution in [0.4, 0.5) is 0 Å². The van der Waals surface area contributed by atoms with Crippen LogP contribution in [0.3, 0.4) is 0 Å². The zero-order valence-electron chi connectivity index (χ0n) is 13.0. The first-order valence-electron chi connectivity index (χ1n) is 7.36. The molecule has 0 spiro atoms. The molecule has 6 nitrogen and oxygen atoms in total. The molecule has 0 aliphatic heterocycles. The van der Waals surface area contributed by atoms with Crippen LogP contribution >= 0.6 is 0 Å². The highest BCUT2D eigenvalue weighted by atomic mass is 32.2. The van der Waals surface area contributed by atoms with Crippen LogP contribution in [0.15, 0.2) is 23.1 Å². The van der Waals surface area contributed by atoms with Crippen LogP contribution in [0.25, 0.3) is 0 Å². The van der Waals surface area contributed by atoms with Crippen LogP contribution in [-0.2, 0) is 32.5 Å². The van der Waals surface area contributed by atoms with Crippen molar-refractivity contribution in [1.82, 2.24) is 9.79 Å². The lowest BCUT2D eigenvalue weighted by Gasteiger charge is -2.17. The molecule has 1 aliphatic rings. The highest BCUT2D eigenvalue weighted by molar-refractivity contribution is 7.89. The number of amides is 1. The van der Waals surface area contributed by atoms with E-state index < -0.39 is 10.0 Å². The molecule has 0 unspecified atom stereocenters. The molecule has 1 amide bonds. The maximum atomic E-state index is 12.3. The second kappa shape index (κ2) is 7.21. The Morgan fingerprint density at radius 3 is 2.64 bits per heavy atom. The largest absolute Gasteiger partial charge is 0.275 e. The highest BCUT2D eigenvalue weighted by Crippen LogP contribution is 2.23. The normalized spacial score (nSPS) is 14.5. The number of carbonyl (C=O) groups excluding carboxylic acids is 1. The Labute approximate surface area is 131 Å². The second-order valence-electron chi connectivity index (χ2n) is 5.36. The van der Waals surface area contributed by atoms with Gasteiger partial charge in [0.1, 0.15) is 0 Å². The molecule has 0 radical (unpaired) electrons. The van der Waals surface area contributed by atoms with Gasteiger partial charge in [-0.2, -0.15) is 0 Å². The van der Waals surface area contributed by atoms with Gasteiger partial charge in [0.05, 0.1) is 12.0 Å². The molecular formula is C15H22N2O4S. The molecule has 1 N–H and O–H groups in total. The van der Waals surface area contributed by atoms with E-state index in [4.69, 9.17) is 4.84 Å². The van der Waals surface area contributed by atoms with E-state index in [1.165, 1.54) is 19.7 Å². The molecule has 0 atom stereocenters. The van der Waals surface area contributed by atoms with Crippen molar-refractivity contribution in [3.05, 3.63) is 29.3 Å². The molecule has 0 aromatic heterocycles. The first kappa shape index (κ1) is 16.9. The standard InChI is InChI=1S/C15H22N2O4S/c1-17(21-2)15(18)9-10-16-22(19,20)14-8-7-12-5-3-4-6-13(12)11-14/h7-8,11,16H,3-6,9-10H2,1-2H3. The summed E-state index contributed by atoms with van der Waals surface area (Å²) in [4.78, 5) is 16.6. The van der Waals surface area contributed by atoms with Crippen LogP contribution in [0, 0.1) is 0 Å². The van der Waals surface area contributed by atoms with Gasteiger partial charge >= 0.3 is 0 Å². The first-order chi connectivity index (χ1) is 10.4. The van der Waals surface area contributed by atoms with Crippen molar-refractivity contribution in [1.29, 1.82) is 0 Å². The minimum absolute atomic E-state index is 0.0476. The van der Waals surface area contributed by atoms with Gasteiger partial charge in [-0.25, -0.2) is 18.2 Å². The number of rotatable bonds is 6. The third-order valence-electron chi connectivity index (χ3n) is 3.89. The maximum Gasteiger partial charge on any atom is 0.247 e. The number of fused-ring (bicyclic) bond motifs is 1. The van der Waals surface area contributed by atoms with E-state index in [2.05, 4.69) is 4.72 Å². The van der Waals surface area contributed by atoms with Gasteiger partial charge < -0.3 is 0 Å².